The third-order valence-corrected chi connectivity index (χ3v) is 3.85. The zero-order chi connectivity index (χ0) is 8.93. The van der Waals surface area contributed by atoms with Gasteiger partial charge in [0.25, 0.3) is 0 Å². The summed E-state index contributed by atoms with van der Waals surface area (Å²) >= 11 is 0. The number of hydrogen-bond donors (Lipinski definition) is 0. The largest absolute Gasteiger partial charge is 0.412 e. The Labute approximate surface area is 94.9 Å². The summed E-state index contributed by atoms with van der Waals surface area (Å²) in [6.45, 7) is 0. The van der Waals surface area contributed by atoms with Crippen LogP contribution in [-0.2, 0) is 0 Å². The fraction of sp³-hybridized carbons (Fsp3) is 0. The molecule has 0 atom stereocenters. The van der Waals surface area contributed by atoms with Crippen molar-refractivity contribution in [1.82, 2.24) is 0 Å². The van der Waals surface area contributed by atoms with Gasteiger partial charge in [0.2, 0.25) is 0 Å². The van der Waals surface area contributed by atoms with Gasteiger partial charge in [-0.15, -0.1) is 0 Å². The molecular weight excluding hydrogens is 199 g/mol. The van der Waals surface area contributed by atoms with E-state index in [0.29, 0.717) is 0 Å². The molecule has 15 heavy (non-hydrogen) atoms. The average Bonchev–Trinajstić information content (AvgIpc) is 2.21. The van der Waals surface area contributed by atoms with Gasteiger partial charge in [-0.25, -0.2) is 0 Å². The molecule has 3 heteroatoms. The van der Waals surface area contributed by atoms with Crippen LogP contribution in [0, 0.1) is 0 Å². The molecule has 0 spiro atoms. The first-order chi connectivity index (χ1) is 6.45. The van der Waals surface area contributed by atoms with Gasteiger partial charge in [0, 0.05) is 8.41 Å². The Hall–Kier alpha value is -1.32. The SMILES string of the molecule is O.[B].c1ccc([SiH2]c2ccccc2)cc1. The van der Waals surface area contributed by atoms with Crippen molar-refractivity contribution in [2.45, 2.75) is 0 Å². The molecule has 0 unspecified atom stereocenters. The standard InChI is InChI=1S/C12H12Si.B.H2O/c1-3-7-11(8-4-1)13-12-9-5-2-6-10-12;;/h1-10H,13H2;;1H2. The summed E-state index contributed by atoms with van der Waals surface area (Å²) in [6, 6.07) is 21.5. The van der Waals surface area contributed by atoms with Gasteiger partial charge in [0.15, 0.2) is 0 Å². The zero-order valence-electron chi connectivity index (χ0n) is 8.56. The van der Waals surface area contributed by atoms with E-state index in [1.807, 2.05) is 0 Å². The number of benzene rings is 2. The summed E-state index contributed by atoms with van der Waals surface area (Å²) in [6.07, 6.45) is 0. The monoisotopic (exact) mass is 213 g/mol. The molecule has 75 valence electrons. The molecule has 2 rings (SSSR count). The van der Waals surface area contributed by atoms with Crippen molar-refractivity contribution in [3.05, 3.63) is 60.7 Å². The molecule has 0 saturated carbocycles. The minimum Gasteiger partial charge on any atom is -0.412 e. The van der Waals surface area contributed by atoms with Crippen molar-refractivity contribution in [2.24, 2.45) is 0 Å². The Morgan fingerprint density at radius 2 is 0.933 bits per heavy atom. The molecular formula is C12H14BOSi. The van der Waals surface area contributed by atoms with Crippen LogP contribution in [0.25, 0.3) is 0 Å². The third kappa shape index (κ3) is 4.15. The molecule has 2 aromatic rings. The van der Waals surface area contributed by atoms with Crippen LogP contribution in [0.3, 0.4) is 0 Å². The highest BCUT2D eigenvalue weighted by Crippen LogP contribution is 1.84. The van der Waals surface area contributed by atoms with Crippen LogP contribution in [-0.4, -0.2) is 23.4 Å². The maximum Gasteiger partial charge on any atom is 0.0875 e. The first-order valence-electron chi connectivity index (χ1n) is 4.53. The molecule has 0 aliphatic rings. The van der Waals surface area contributed by atoms with Crippen molar-refractivity contribution in [1.29, 1.82) is 0 Å². The van der Waals surface area contributed by atoms with Crippen LogP contribution >= 0.6 is 0 Å². The van der Waals surface area contributed by atoms with Crippen molar-refractivity contribution >= 4 is 28.3 Å². The highest BCUT2D eigenvalue weighted by Gasteiger charge is 1.93. The lowest BCUT2D eigenvalue weighted by Gasteiger charge is -1.99. The van der Waals surface area contributed by atoms with E-state index in [1.54, 1.807) is 0 Å². The van der Waals surface area contributed by atoms with Crippen LogP contribution in [0.4, 0.5) is 0 Å². The lowest BCUT2D eigenvalue weighted by molar-refractivity contribution is 0.824. The highest BCUT2D eigenvalue weighted by molar-refractivity contribution is 6.67. The molecule has 2 N–H and O–H groups in total. The van der Waals surface area contributed by atoms with Crippen LogP contribution in [0.5, 0.6) is 0 Å². The smallest absolute Gasteiger partial charge is 0.0875 e. The molecule has 0 bridgehead atoms. The lowest BCUT2D eigenvalue weighted by atomic mass is 10.4. The van der Waals surface area contributed by atoms with Gasteiger partial charge in [-0.3, -0.25) is 0 Å². The van der Waals surface area contributed by atoms with E-state index in [-0.39, 0.29) is 23.4 Å². The summed E-state index contributed by atoms with van der Waals surface area (Å²) in [5.41, 5.74) is 0. The first-order valence-corrected chi connectivity index (χ1v) is 5.94. The second-order valence-corrected chi connectivity index (χ2v) is 5.13. The molecule has 0 aliphatic heterocycles. The van der Waals surface area contributed by atoms with Crippen LogP contribution in [0.1, 0.15) is 0 Å². The van der Waals surface area contributed by atoms with Gasteiger partial charge in [-0.05, 0) is 0 Å². The lowest BCUT2D eigenvalue weighted by Crippen LogP contribution is -2.26. The minimum atomic E-state index is -0.234. The molecule has 0 amide bonds. The normalized spacial score (nSPS) is 8.53. The van der Waals surface area contributed by atoms with E-state index in [1.165, 1.54) is 10.4 Å². The Balaban J connectivity index is 0.000000980. The van der Waals surface area contributed by atoms with E-state index in [4.69, 9.17) is 0 Å². The Morgan fingerprint density at radius 3 is 1.27 bits per heavy atom. The predicted molar refractivity (Wildman–Crippen MR) is 70.1 cm³/mol. The number of rotatable bonds is 2. The summed E-state index contributed by atoms with van der Waals surface area (Å²) in [5, 5.41) is 3.02. The Morgan fingerprint density at radius 1 is 0.600 bits per heavy atom. The second-order valence-electron chi connectivity index (χ2n) is 3.15. The van der Waals surface area contributed by atoms with E-state index in [0.717, 1.165) is 0 Å². The van der Waals surface area contributed by atoms with Crippen molar-refractivity contribution in [2.75, 3.05) is 0 Å². The molecule has 1 nitrogen and oxygen atoms in total. The third-order valence-electron chi connectivity index (χ3n) is 2.09. The molecule has 0 heterocycles. The van der Waals surface area contributed by atoms with Gasteiger partial charge in [-0.2, -0.15) is 0 Å². The van der Waals surface area contributed by atoms with Gasteiger partial charge in [-0.1, -0.05) is 71.0 Å². The summed E-state index contributed by atoms with van der Waals surface area (Å²) < 4.78 is 0. The molecule has 2 aromatic carbocycles. The zero-order valence-corrected chi connectivity index (χ0v) is 9.97. The van der Waals surface area contributed by atoms with E-state index in [2.05, 4.69) is 60.7 Å². The predicted octanol–water partition coefficient (Wildman–Crippen LogP) is -0.399. The second kappa shape index (κ2) is 7.04. The van der Waals surface area contributed by atoms with E-state index < -0.39 is 0 Å². The first kappa shape index (κ1) is 13.7. The van der Waals surface area contributed by atoms with Crippen LogP contribution in [0.15, 0.2) is 60.7 Å². The summed E-state index contributed by atoms with van der Waals surface area (Å²) in [4.78, 5) is 0. The average molecular weight is 213 g/mol. The summed E-state index contributed by atoms with van der Waals surface area (Å²) in [7, 11) is -0.234. The maximum atomic E-state index is 2.22. The quantitative estimate of drug-likeness (QED) is 0.608. The Kier molecular flexibility index (Phi) is 6.42. The van der Waals surface area contributed by atoms with Crippen molar-refractivity contribution in [3.63, 3.8) is 0 Å². The summed E-state index contributed by atoms with van der Waals surface area (Å²) in [5.74, 6) is 0. The highest BCUT2D eigenvalue weighted by atomic mass is 28.2. The fourth-order valence-electron chi connectivity index (χ4n) is 1.43. The molecule has 0 aromatic heterocycles. The topological polar surface area (TPSA) is 31.5 Å². The van der Waals surface area contributed by atoms with Gasteiger partial charge >= 0.3 is 0 Å². The van der Waals surface area contributed by atoms with E-state index in [9.17, 15) is 0 Å². The molecule has 3 radical (unpaired) electrons. The fourth-order valence-corrected chi connectivity index (χ4v) is 2.91. The molecule has 0 saturated heterocycles. The van der Waals surface area contributed by atoms with Crippen molar-refractivity contribution < 1.29 is 5.48 Å². The van der Waals surface area contributed by atoms with Gasteiger partial charge < -0.3 is 5.48 Å². The molecule has 0 fully saturated rings. The number of hydrogen-bond acceptors (Lipinski definition) is 0. The van der Waals surface area contributed by atoms with Crippen LogP contribution < -0.4 is 10.4 Å². The van der Waals surface area contributed by atoms with E-state index >= 15 is 0 Å². The van der Waals surface area contributed by atoms with Crippen LogP contribution in [0.2, 0.25) is 0 Å². The Bertz CT molecular complexity index is 326. The van der Waals surface area contributed by atoms with Crippen molar-refractivity contribution in [3.8, 4) is 0 Å². The minimum absolute atomic E-state index is 0. The van der Waals surface area contributed by atoms with Gasteiger partial charge in [0.1, 0.15) is 0 Å². The molecule has 0 aliphatic carbocycles. The van der Waals surface area contributed by atoms with Gasteiger partial charge in [0.05, 0.1) is 9.52 Å². The maximum absolute atomic E-state index is 2.22.